The van der Waals surface area contributed by atoms with Gasteiger partial charge in [-0.2, -0.15) is 0 Å². The summed E-state index contributed by atoms with van der Waals surface area (Å²) < 4.78 is 5.29. The fourth-order valence-electron chi connectivity index (χ4n) is 4.37. The summed E-state index contributed by atoms with van der Waals surface area (Å²) in [5, 5.41) is 3.00. The van der Waals surface area contributed by atoms with E-state index in [9.17, 15) is 14.4 Å². The molecule has 168 valence electrons. The monoisotopic (exact) mass is 435 g/mol. The Kier molecular flexibility index (Phi) is 6.73. The number of nitrogens with zero attached hydrogens (tertiary/aromatic N) is 2. The maximum absolute atomic E-state index is 12.7. The van der Waals surface area contributed by atoms with Crippen LogP contribution < -0.4 is 5.32 Å². The maximum Gasteiger partial charge on any atom is 0.410 e. The van der Waals surface area contributed by atoms with Crippen LogP contribution in [0.4, 0.5) is 15.3 Å². The third kappa shape index (κ3) is 4.93. The van der Waals surface area contributed by atoms with Crippen molar-refractivity contribution in [2.75, 3.05) is 31.6 Å². The summed E-state index contributed by atoms with van der Waals surface area (Å²) in [5.74, 6) is -0.444. The minimum absolute atomic E-state index is 0.0769. The first kappa shape index (κ1) is 21.9. The number of benzene rings is 2. The number of likely N-dealkylation sites (tertiary alicyclic amines) is 1. The summed E-state index contributed by atoms with van der Waals surface area (Å²) in [5.41, 5.74) is 2.92. The van der Waals surface area contributed by atoms with Crippen molar-refractivity contribution < 1.29 is 19.1 Å². The van der Waals surface area contributed by atoms with Crippen LogP contribution in [-0.4, -0.2) is 60.0 Å². The number of carbonyl (C=O) groups is 3. The van der Waals surface area contributed by atoms with Crippen molar-refractivity contribution in [3.8, 4) is 0 Å². The average molecular weight is 436 g/mol. The van der Waals surface area contributed by atoms with E-state index in [1.807, 2.05) is 66.4 Å². The van der Waals surface area contributed by atoms with Crippen LogP contribution in [0.5, 0.6) is 0 Å². The van der Waals surface area contributed by atoms with E-state index < -0.39 is 6.09 Å². The van der Waals surface area contributed by atoms with Crippen molar-refractivity contribution in [1.82, 2.24) is 9.80 Å². The Bertz CT molecular complexity index is 970. The molecule has 0 radical (unpaired) electrons. The van der Waals surface area contributed by atoms with Gasteiger partial charge in [0.1, 0.15) is 0 Å². The first-order chi connectivity index (χ1) is 15.5. The fourth-order valence-corrected chi connectivity index (χ4v) is 4.37. The summed E-state index contributed by atoms with van der Waals surface area (Å²) in [7, 11) is 0. The predicted molar refractivity (Wildman–Crippen MR) is 122 cm³/mol. The summed E-state index contributed by atoms with van der Waals surface area (Å²) >= 11 is 0. The zero-order valence-corrected chi connectivity index (χ0v) is 18.3. The number of Topliss-reactive ketones (excluding diaryl/α,β-unsaturated/α-hetero) is 1. The molecule has 1 unspecified atom stereocenters. The molecule has 1 N–H and O–H groups in total. The number of para-hydroxylation sites is 1. The Morgan fingerprint density at radius 2 is 1.72 bits per heavy atom. The standard InChI is InChI=1S/C25H29N3O4/c1-18(19-7-3-2-4-8-19)23(29)17-32-25(31)27-14-12-21(13-15-27)28-16-11-20-9-5-6-10-22(20)26-24(28)30/h2-10,18,21H,11-17H2,1H3,(H,26,30). The lowest BCUT2D eigenvalue weighted by molar-refractivity contribution is -0.123. The van der Waals surface area contributed by atoms with Gasteiger partial charge in [-0.05, 0) is 36.5 Å². The second-order valence-electron chi connectivity index (χ2n) is 8.40. The van der Waals surface area contributed by atoms with E-state index in [0.29, 0.717) is 32.5 Å². The van der Waals surface area contributed by atoms with E-state index >= 15 is 0 Å². The molecule has 32 heavy (non-hydrogen) atoms. The van der Waals surface area contributed by atoms with Crippen molar-refractivity contribution in [2.24, 2.45) is 0 Å². The number of carbonyl (C=O) groups excluding carboxylic acids is 3. The Labute approximate surface area is 188 Å². The highest BCUT2D eigenvalue weighted by atomic mass is 16.6. The molecule has 7 heteroatoms. The van der Waals surface area contributed by atoms with Crippen LogP contribution in [0.2, 0.25) is 0 Å². The van der Waals surface area contributed by atoms with Crippen molar-refractivity contribution >= 4 is 23.6 Å². The molecule has 0 aromatic heterocycles. The molecule has 0 saturated carbocycles. The van der Waals surface area contributed by atoms with Crippen LogP contribution in [-0.2, 0) is 16.0 Å². The second kappa shape index (κ2) is 9.85. The van der Waals surface area contributed by atoms with Crippen LogP contribution in [0.15, 0.2) is 54.6 Å². The minimum atomic E-state index is -0.468. The van der Waals surface area contributed by atoms with E-state index in [4.69, 9.17) is 4.74 Å². The lowest BCUT2D eigenvalue weighted by atomic mass is 9.97. The summed E-state index contributed by atoms with van der Waals surface area (Å²) in [6.07, 6.45) is 1.71. The summed E-state index contributed by atoms with van der Waals surface area (Å²) in [4.78, 5) is 41.1. The molecule has 2 aliphatic rings. The summed E-state index contributed by atoms with van der Waals surface area (Å²) in [6.45, 7) is 3.25. The molecule has 0 aliphatic carbocycles. The zero-order chi connectivity index (χ0) is 22.5. The number of piperidine rings is 1. The molecule has 0 bridgehead atoms. The fraction of sp³-hybridized carbons (Fsp3) is 0.400. The Hall–Kier alpha value is -3.35. The number of urea groups is 1. The Morgan fingerprint density at radius 3 is 2.47 bits per heavy atom. The maximum atomic E-state index is 12.7. The van der Waals surface area contributed by atoms with E-state index in [0.717, 1.165) is 23.2 Å². The van der Waals surface area contributed by atoms with Gasteiger partial charge in [-0.25, -0.2) is 9.59 Å². The highest BCUT2D eigenvalue weighted by Gasteiger charge is 2.32. The summed E-state index contributed by atoms with van der Waals surface area (Å²) in [6, 6.07) is 17.3. The number of ketones is 1. The van der Waals surface area contributed by atoms with E-state index in [-0.39, 0.29) is 30.4 Å². The molecule has 2 aromatic rings. The average Bonchev–Trinajstić information content (AvgIpc) is 3.00. The van der Waals surface area contributed by atoms with Crippen molar-refractivity contribution in [3.05, 3.63) is 65.7 Å². The lowest BCUT2D eigenvalue weighted by Crippen LogP contribution is -2.50. The highest BCUT2D eigenvalue weighted by Crippen LogP contribution is 2.24. The van der Waals surface area contributed by atoms with Crippen LogP contribution in [0, 0.1) is 0 Å². The molecule has 1 fully saturated rings. The normalized spacial score (nSPS) is 17.7. The molecule has 2 heterocycles. The predicted octanol–water partition coefficient (Wildman–Crippen LogP) is 4.05. The van der Waals surface area contributed by atoms with Crippen molar-refractivity contribution in [2.45, 2.75) is 38.1 Å². The minimum Gasteiger partial charge on any atom is -0.441 e. The van der Waals surface area contributed by atoms with Gasteiger partial charge in [0.25, 0.3) is 0 Å². The van der Waals surface area contributed by atoms with Crippen molar-refractivity contribution in [3.63, 3.8) is 0 Å². The Balaban J connectivity index is 1.25. The third-order valence-electron chi connectivity index (χ3n) is 6.43. The smallest absolute Gasteiger partial charge is 0.410 e. The number of amides is 3. The van der Waals surface area contributed by atoms with Gasteiger partial charge in [0.2, 0.25) is 0 Å². The van der Waals surface area contributed by atoms with E-state index in [1.54, 1.807) is 4.90 Å². The van der Waals surface area contributed by atoms with Gasteiger partial charge in [0, 0.05) is 37.3 Å². The first-order valence-electron chi connectivity index (χ1n) is 11.2. The molecule has 0 spiro atoms. The van der Waals surface area contributed by atoms with Crippen molar-refractivity contribution in [1.29, 1.82) is 0 Å². The van der Waals surface area contributed by atoms with Crippen LogP contribution in [0.25, 0.3) is 0 Å². The Morgan fingerprint density at radius 1 is 1.03 bits per heavy atom. The second-order valence-corrected chi connectivity index (χ2v) is 8.40. The number of ether oxygens (including phenoxy) is 1. The van der Waals surface area contributed by atoms with Gasteiger partial charge in [-0.15, -0.1) is 0 Å². The number of hydrogen-bond donors (Lipinski definition) is 1. The molecule has 2 aromatic carbocycles. The molecular formula is C25H29N3O4. The number of anilines is 1. The highest BCUT2D eigenvalue weighted by molar-refractivity contribution is 5.91. The third-order valence-corrected chi connectivity index (χ3v) is 6.43. The molecule has 1 atom stereocenters. The molecular weight excluding hydrogens is 406 g/mol. The van der Waals surface area contributed by atoms with Gasteiger partial charge in [0.15, 0.2) is 12.4 Å². The van der Waals surface area contributed by atoms with Crippen LogP contribution >= 0.6 is 0 Å². The number of rotatable bonds is 5. The first-order valence-corrected chi connectivity index (χ1v) is 11.2. The molecule has 7 nitrogen and oxygen atoms in total. The van der Waals surface area contributed by atoms with Gasteiger partial charge in [-0.1, -0.05) is 55.5 Å². The largest absolute Gasteiger partial charge is 0.441 e. The zero-order valence-electron chi connectivity index (χ0n) is 18.3. The number of fused-ring (bicyclic) bond motifs is 1. The molecule has 4 rings (SSSR count). The van der Waals surface area contributed by atoms with Gasteiger partial charge in [-0.3, -0.25) is 4.79 Å². The SMILES string of the molecule is CC(C(=O)COC(=O)N1CCC(N2CCc3ccccc3NC2=O)CC1)c1ccccc1. The number of nitrogens with one attached hydrogen (secondary N) is 1. The van der Waals surface area contributed by atoms with Crippen LogP contribution in [0.3, 0.4) is 0 Å². The molecule has 2 aliphatic heterocycles. The number of hydrogen-bond acceptors (Lipinski definition) is 4. The topological polar surface area (TPSA) is 79.0 Å². The quantitative estimate of drug-likeness (QED) is 0.769. The van der Waals surface area contributed by atoms with E-state index in [2.05, 4.69) is 5.32 Å². The van der Waals surface area contributed by atoms with Crippen LogP contribution in [0.1, 0.15) is 36.8 Å². The molecule has 1 saturated heterocycles. The van der Waals surface area contributed by atoms with Gasteiger partial charge in [0.05, 0.1) is 0 Å². The van der Waals surface area contributed by atoms with Gasteiger partial charge >= 0.3 is 12.1 Å². The van der Waals surface area contributed by atoms with Gasteiger partial charge < -0.3 is 19.9 Å². The molecule has 3 amide bonds. The van der Waals surface area contributed by atoms with E-state index in [1.165, 1.54) is 0 Å². The lowest BCUT2D eigenvalue weighted by Gasteiger charge is -2.37.